The monoisotopic (exact) mass is 446 g/mol. The molecule has 1 saturated heterocycles. The maximum absolute atomic E-state index is 13.6. The molecule has 3 rings (SSSR count). The molecule has 0 amide bonds. The van der Waals surface area contributed by atoms with Crippen molar-refractivity contribution >= 4 is 23.1 Å². The molecule has 2 aliphatic rings. The molecule has 5 nitrogen and oxygen atoms in total. The van der Waals surface area contributed by atoms with Crippen molar-refractivity contribution in [2.75, 3.05) is 13.2 Å². The predicted octanol–water partition coefficient (Wildman–Crippen LogP) is 4.86. The summed E-state index contributed by atoms with van der Waals surface area (Å²) in [5.41, 5.74) is 0.413. The Balaban J connectivity index is 2.01. The molecular formula is C25H34O5S. The van der Waals surface area contributed by atoms with E-state index in [9.17, 15) is 19.8 Å². The van der Waals surface area contributed by atoms with Crippen LogP contribution < -0.4 is 0 Å². The molecule has 6 heteroatoms. The number of ether oxygens (including phenoxy) is 1. The Morgan fingerprint density at radius 3 is 2.58 bits per heavy atom. The molecule has 0 bridgehead atoms. The molecule has 1 aliphatic heterocycles. The van der Waals surface area contributed by atoms with Crippen LogP contribution in [0.5, 0.6) is 0 Å². The highest BCUT2D eigenvalue weighted by Gasteiger charge is 2.45. The molecule has 0 spiro atoms. The van der Waals surface area contributed by atoms with Crippen molar-refractivity contribution in [2.24, 2.45) is 17.3 Å². The zero-order valence-corrected chi connectivity index (χ0v) is 19.6. The van der Waals surface area contributed by atoms with Crippen LogP contribution in [0, 0.1) is 29.1 Å². The van der Waals surface area contributed by atoms with Crippen molar-refractivity contribution in [3.63, 3.8) is 0 Å². The van der Waals surface area contributed by atoms with Gasteiger partial charge in [0.05, 0.1) is 17.4 Å². The minimum atomic E-state index is -1.00. The second-order valence-electron chi connectivity index (χ2n) is 9.83. The molecular weight excluding hydrogens is 412 g/mol. The van der Waals surface area contributed by atoms with Gasteiger partial charge in [-0.15, -0.1) is 11.3 Å². The zero-order valence-electron chi connectivity index (χ0n) is 18.8. The summed E-state index contributed by atoms with van der Waals surface area (Å²) in [5, 5.41) is 19.1. The van der Waals surface area contributed by atoms with Gasteiger partial charge in [-0.05, 0) is 57.1 Å². The van der Waals surface area contributed by atoms with Gasteiger partial charge in [0.2, 0.25) is 0 Å². The van der Waals surface area contributed by atoms with Gasteiger partial charge in [-0.2, -0.15) is 0 Å². The summed E-state index contributed by atoms with van der Waals surface area (Å²) in [5.74, 6) is 5.14. The van der Waals surface area contributed by atoms with Gasteiger partial charge in [-0.25, -0.2) is 4.79 Å². The smallest absolute Gasteiger partial charge is 0.346 e. The van der Waals surface area contributed by atoms with Crippen LogP contribution in [0.2, 0.25) is 0 Å². The summed E-state index contributed by atoms with van der Waals surface area (Å²) in [6, 6.07) is 1.83. The third-order valence-corrected chi connectivity index (χ3v) is 7.33. The van der Waals surface area contributed by atoms with E-state index in [0.717, 1.165) is 25.7 Å². The van der Waals surface area contributed by atoms with Crippen LogP contribution in [-0.4, -0.2) is 41.3 Å². The topological polar surface area (TPSA) is 83.8 Å². The predicted molar refractivity (Wildman–Crippen MR) is 121 cm³/mol. The Morgan fingerprint density at radius 1 is 1.26 bits per heavy atom. The molecule has 170 valence electrons. The van der Waals surface area contributed by atoms with E-state index in [1.807, 2.05) is 26.8 Å². The SMILES string of the molecule is CC(C)(C)C#Cc1cc(C2C(=O)[C@@H](CCCO)OC[C@H]2C2CCCCC2)c(C(=O)O)s1. The van der Waals surface area contributed by atoms with Crippen molar-refractivity contribution in [1.29, 1.82) is 0 Å². The number of rotatable bonds is 6. The number of thiophene rings is 1. The fraction of sp³-hybridized carbons (Fsp3) is 0.680. The van der Waals surface area contributed by atoms with E-state index in [0.29, 0.717) is 35.8 Å². The molecule has 1 saturated carbocycles. The molecule has 31 heavy (non-hydrogen) atoms. The van der Waals surface area contributed by atoms with E-state index in [1.165, 1.54) is 17.8 Å². The van der Waals surface area contributed by atoms with Gasteiger partial charge in [0.1, 0.15) is 11.0 Å². The summed E-state index contributed by atoms with van der Waals surface area (Å²) < 4.78 is 5.98. The van der Waals surface area contributed by atoms with Crippen LogP contribution in [0.4, 0.5) is 0 Å². The largest absolute Gasteiger partial charge is 0.477 e. The van der Waals surface area contributed by atoms with Crippen LogP contribution in [0.3, 0.4) is 0 Å². The van der Waals surface area contributed by atoms with Crippen LogP contribution in [0.15, 0.2) is 6.07 Å². The van der Waals surface area contributed by atoms with Crippen molar-refractivity contribution in [3.05, 3.63) is 21.4 Å². The summed E-state index contributed by atoms with van der Waals surface area (Å²) in [4.78, 5) is 26.6. The average molecular weight is 447 g/mol. The fourth-order valence-corrected chi connectivity index (χ4v) is 5.69. The van der Waals surface area contributed by atoms with E-state index in [-0.39, 0.29) is 28.6 Å². The summed E-state index contributed by atoms with van der Waals surface area (Å²) in [6.07, 6.45) is 6.00. The number of carboxylic acid groups (broad SMARTS) is 1. The quantitative estimate of drug-likeness (QED) is 0.610. The first-order chi connectivity index (χ1) is 14.7. The van der Waals surface area contributed by atoms with Gasteiger partial charge in [0.15, 0.2) is 5.78 Å². The fourth-order valence-electron chi connectivity index (χ4n) is 4.79. The van der Waals surface area contributed by atoms with Gasteiger partial charge in [-0.1, -0.05) is 43.9 Å². The van der Waals surface area contributed by atoms with E-state index in [2.05, 4.69) is 11.8 Å². The lowest BCUT2D eigenvalue weighted by Gasteiger charge is -2.40. The number of ketones is 1. The Kier molecular flexibility index (Phi) is 7.96. The molecule has 1 aliphatic carbocycles. The van der Waals surface area contributed by atoms with Crippen LogP contribution in [-0.2, 0) is 9.53 Å². The Bertz CT molecular complexity index is 847. The van der Waals surface area contributed by atoms with Crippen LogP contribution in [0.1, 0.15) is 91.7 Å². The number of carboxylic acids is 1. The lowest BCUT2D eigenvalue weighted by molar-refractivity contribution is -0.146. The molecule has 2 N–H and O–H groups in total. The Labute approximate surface area is 189 Å². The second kappa shape index (κ2) is 10.3. The number of hydrogen-bond donors (Lipinski definition) is 2. The number of carbonyl (C=O) groups excluding carboxylic acids is 1. The number of aliphatic hydroxyl groups excluding tert-OH is 1. The molecule has 1 aromatic heterocycles. The minimum absolute atomic E-state index is 0.00528. The molecule has 0 radical (unpaired) electrons. The number of Topliss-reactive ketones (excluding diaryl/α,β-unsaturated/α-hetero) is 1. The minimum Gasteiger partial charge on any atom is -0.477 e. The van der Waals surface area contributed by atoms with Gasteiger partial charge in [-0.3, -0.25) is 4.79 Å². The lowest BCUT2D eigenvalue weighted by Crippen LogP contribution is -2.45. The lowest BCUT2D eigenvalue weighted by atomic mass is 9.68. The first-order valence-corrected chi connectivity index (χ1v) is 12.2. The zero-order chi connectivity index (χ0) is 22.6. The average Bonchev–Trinajstić information content (AvgIpc) is 3.15. The highest BCUT2D eigenvalue weighted by molar-refractivity contribution is 7.14. The summed E-state index contributed by atoms with van der Waals surface area (Å²) >= 11 is 1.17. The maximum atomic E-state index is 13.6. The van der Waals surface area contributed by atoms with Gasteiger partial charge in [0.25, 0.3) is 0 Å². The highest BCUT2D eigenvalue weighted by atomic mass is 32.1. The van der Waals surface area contributed by atoms with E-state index in [4.69, 9.17) is 4.74 Å². The third kappa shape index (κ3) is 5.97. The number of carbonyl (C=O) groups is 2. The summed E-state index contributed by atoms with van der Waals surface area (Å²) in [7, 11) is 0. The molecule has 1 unspecified atom stereocenters. The first kappa shape index (κ1) is 24.0. The highest BCUT2D eigenvalue weighted by Crippen LogP contribution is 2.45. The van der Waals surface area contributed by atoms with E-state index >= 15 is 0 Å². The van der Waals surface area contributed by atoms with Crippen molar-refractivity contribution in [1.82, 2.24) is 0 Å². The maximum Gasteiger partial charge on any atom is 0.346 e. The summed E-state index contributed by atoms with van der Waals surface area (Å²) in [6.45, 7) is 6.52. The van der Waals surface area contributed by atoms with Gasteiger partial charge in [0, 0.05) is 12.0 Å². The number of aromatic carboxylic acids is 1. The third-order valence-electron chi connectivity index (χ3n) is 6.27. The van der Waals surface area contributed by atoms with Crippen molar-refractivity contribution < 1.29 is 24.5 Å². The molecule has 3 atom stereocenters. The normalized spacial score (nSPS) is 25.2. The number of hydrogen-bond acceptors (Lipinski definition) is 5. The van der Waals surface area contributed by atoms with Gasteiger partial charge >= 0.3 is 5.97 Å². The Hall–Kier alpha value is -1.68. The number of aliphatic hydroxyl groups is 1. The van der Waals surface area contributed by atoms with Crippen molar-refractivity contribution in [3.8, 4) is 11.8 Å². The molecule has 2 fully saturated rings. The first-order valence-electron chi connectivity index (χ1n) is 11.4. The molecule has 0 aromatic carbocycles. The molecule has 2 heterocycles. The van der Waals surface area contributed by atoms with Crippen LogP contribution >= 0.6 is 11.3 Å². The van der Waals surface area contributed by atoms with Crippen LogP contribution in [0.25, 0.3) is 0 Å². The van der Waals surface area contributed by atoms with Crippen molar-refractivity contribution in [2.45, 2.75) is 77.7 Å². The van der Waals surface area contributed by atoms with E-state index < -0.39 is 18.0 Å². The van der Waals surface area contributed by atoms with Gasteiger partial charge < -0.3 is 14.9 Å². The standard InChI is InChI=1S/C25H34O5S/c1-25(2,3)12-11-17-14-18(23(31-17)24(28)29)21-19(16-8-5-4-6-9-16)15-30-20(22(21)27)10-7-13-26/h14,16,19-21,26H,4-10,13,15H2,1-3H3,(H,28,29)/t19-,20+,21?/m0/s1. The molecule has 1 aromatic rings. The van der Waals surface area contributed by atoms with E-state index in [1.54, 1.807) is 0 Å². The Morgan fingerprint density at radius 2 is 1.97 bits per heavy atom. The second-order valence-corrected chi connectivity index (χ2v) is 10.9.